The van der Waals surface area contributed by atoms with Crippen LogP contribution in [0.2, 0.25) is 0 Å². The highest BCUT2D eigenvalue weighted by molar-refractivity contribution is 4.92. The number of hydrogen-bond acceptors (Lipinski definition) is 3. The smallest absolute Gasteiger partial charge is 0.0113 e. The second-order valence-corrected chi connectivity index (χ2v) is 8.72. The molecule has 2 fully saturated rings. The zero-order valence-electron chi connectivity index (χ0n) is 15.0. The van der Waals surface area contributed by atoms with Gasteiger partial charge in [-0.15, -0.1) is 0 Å². The average Bonchev–Trinajstić information content (AvgIpc) is 2.85. The predicted octanol–water partition coefficient (Wildman–Crippen LogP) is 2.96. The molecule has 1 aliphatic carbocycles. The van der Waals surface area contributed by atoms with Crippen molar-refractivity contribution < 1.29 is 0 Å². The van der Waals surface area contributed by atoms with Crippen molar-refractivity contribution in [3.05, 3.63) is 0 Å². The van der Waals surface area contributed by atoms with Gasteiger partial charge >= 0.3 is 0 Å². The molecule has 0 aromatic carbocycles. The Labute approximate surface area is 132 Å². The summed E-state index contributed by atoms with van der Waals surface area (Å²) in [7, 11) is 0. The maximum absolute atomic E-state index is 3.78. The summed E-state index contributed by atoms with van der Waals surface area (Å²) in [5.41, 5.74) is 0.777. The molecule has 0 atom stereocenters. The molecule has 0 aromatic rings. The molecule has 0 spiro atoms. The van der Waals surface area contributed by atoms with Crippen molar-refractivity contribution in [2.45, 2.75) is 71.9 Å². The minimum absolute atomic E-state index is 0.242. The zero-order chi connectivity index (χ0) is 15.5. The highest BCUT2D eigenvalue weighted by atomic mass is 15.3. The van der Waals surface area contributed by atoms with E-state index in [4.69, 9.17) is 0 Å². The van der Waals surface area contributed by atoms with Crippen LogP contribution in [0, 0.1) is 5.41 Å². The van der Waals surface area contributed by atoms with Crippen LogP contribution >= 0.6 is 0 Å². The van der Waals surface area contributed by atoms with Crippen LogP contribution in [0.4, 0.5) is 0 Å². The van der Waals surface area contributed by atoms with Gasteiger partial charge in [-0.25, -0.2) is 0 Å². The first-order valence-corrected chi connectivity index (χ1v) is 9.01. The largest absolute Gasteiger partial charge is 0.311 e. The third kappa shape index (κ3) is 5.22. The van der Waals surface area contributed by atoms with Crippen molar-refractivity contribution in [1.82, 2.24) is 15.1 Å². The quantitative estimate of drug-likeness (QED) is 0.841. The molecule has 0 radical (unpaired) electrons. The number of hydrogen-bond donors (Lipinski definition) is 1. The molecular weight excluding hydrogens is 258 g/mol. The van der Waals surface area contributed by atoms with E-state index < -0.39 is 0 Å². The molecule has 0 bridgehead atoms. The van der Waals surface area contributed by atoms with Crippen LogP contribution in [-0.4, -0.2) is 60.6 Å². The fraction of sp³-hybridized carbons (Fsp3) is 1.00. The van der Waals surface area contributed by atoms with Crippen molar-refractivity contribution in [1.29, 1.82) is 0 Å². The molecular formula is C18H37N3. The summed E-state index contributed by atoms with van der Waals surface area (Å²) in [6, 6.07) is 0.704. The van der Waals surface area contributed by atoms with Gasteiger partial charge in [-0.2, -0.15) is 0 Å². The minimum Gasteiger partial charge on any atom is -0.311 e. The first-order chi connectivity index (χ1) is 9.80. The lowest BCUT2D eigenvalue weighted by Crippen LogP contribution is -2.53. The van der Waals surface area contributed by atoms with Gasteiger partial charge in [0.05, 0.1) is 0 Å². The molecule has 1 heterocycles. The molecule has 1 saturated heterocycles. The van der Waals surface area contributed by atoms with Crippen molar-refractivity contribution >= 4 is 0 Å². The van der Waals surface area contributed by atoms with E-state index in [2.05, 4.69) is 49.7 Å². The number of nitrogens with zero attached hydrogens (tertiary/aromatic N) is 2. The lowest BCUT2D eigenvalue weighted by atomic mass is 9.84. The van der Waals surface area contributed by atoms with E-state index in [0.717, 1.165) is 0 Å². The lowest BCUT2D eigenvalue weighted by molar-refractivity contribution is 0.0687. The molecule has 3 nitrogen and oxygen atoms in total. The van der Waals surface area contributed by atoms with Crippen LogP contribution in [-0.2, 0) is 0 Å². The number of rotatable bonds is 5. The van der Waals surface area contributed by atoms with Crippen molar-refractivity contribution in [3.8, 4) is 0 Å². The molecule has 124 valence electrons. The molecule has 0 amide bonds. The highest BCUT2D eigenvalue weighted by Gasteiger charge is 2.36. The van der Waals surface area contributed by atoms with Gasteiger partial charge in [0.1, 0.15) is 0 Å². The molecule has 0 aromatic heterocycles. The lowest BCUT2D eigenvalue weighted by Gasteiger charge is -2.42. The third-order valence-corrected chi connectivity index (χ3v) is 5.35. The van der Waals surface area contributed by atoms with Gasteiger partial charge in [-0.05, 0) is 52.9 Å². The summed E-state index contributed by atoms with van der Waals surface area (Å²) >= 11 is 0. The first kappa shape index (κ1) is 17.2. The SMILES string of the molecule is CC(C)N1CCN(CC2(CNC(C)(C)C)CCCC2)CC1. The summed E-state index contributed by atoms with van der Waals surface area (Å²) < 4.78 is 0. The van der Waals surface area contributed by atoms with Crippen molar-refractivity contribution in [2.24, 2.45) is 5.41 Å². The van der Waals surface area contributed by atoms with Gasteiger partial charge in [0.25, 0.3) is 0 Å². The van der Waals surface area contributed by atoms with Crippen LogP contribution in [0.3, 0.4) is 0 Å². The minimum atomic E-state index is 0.242. The second kappa shape index (κ2) is 6.97. The summed E-state index contributed by atoms with van der Waals surface area (Å²) in [6.07, 6.45) is 5.69. The summed E-state index contributed by atoms with van der Waals surface area (Å²) in [4.78, 5) is 5.35. The number of nitrogens with one attached hydrogen (secondary N) is 1. The Balaban J connectivity index is 1.86. The molecule has 1 aliphatic heterocycles. The standard InChI is InChI=1S/C18H37N3/c1-16(2)21-12-10-20(11-13-21)15-18(8-6-7-9-18)14-19-17(3,4)5/h16,19H,6-15H2,1-5H3. The first-order valence-electron chi connectivity index (χ1n) is 9.01. The molecule has 3 heteroatoms. The van der Waals surface area contributed by atoms with E-state index in [1.165, 1.54) is 65.0 Å². The van der Waals surface area contributed by atoms with Gasteiger partial charge in [0.15, 0.2) is 0 Å². The Bertz CT molecular complexity index is 305. The molecule has 0 unspecified atom stereocenters. The van der Waals surface area contributed by atoms with E-state index in [1.54, 1.807) is 0 Å². The maximum atomic E-state index is 3.78. The molecule has 2 aliphatic rings. The van der Waals surface area contributed by atoms with Crippen LogP contribution in [0.5, 0.6) is 0 Å². The van der Waals surface area contributed by atoms with Crippen molar-refractivity contribution in [3.63, 3.8) is 0 Å². The van der Waals surface area contributed by atoms with Crippen LogP contribution < -0.4 is 5.32 Å². The highest BCUT2D eigenvalue weighted by Crippen LogP contribution is 2.39. The van der Waals surface area contributed by atoms with Crippen LogP contribution in [0.25, 0.3) is 0 Å². The van der Waals surface area contributed by atoms with Gasteiger partial charge in [-0.3, -0.25) is 4.90 Å². The number of piperazine rings is 1. The normalized spacial score (nSPS) is 24.9. The summed E-state index contributed by atoms with van der Waals surface area (Å²) in [5.74, 6) is 0. The van der Waals surface area contributed by atoms with Crippen LogP contribution in [0.15, 0.2) is 0 Å². The fourth-order valence-corrected chi connectivity index (χ4v) is 3.88. The third-order valence-electron chi connectivity index (χ3n) is 5.35. The summed E-state index contributed by atoms with van der Waals surface area (Å²) in [5, 5.41) is 3.78. The molecule has 21 heavy (non-hydrogen) atoms. The second-order valence-electron chi connectivity index (χ2n) is 8.72. The topological polar surface area (TPSA) is 18.5 Å². The Morgan fingerprint density at radius 2 is 1.57 bits per heavy atom. The average molecular weight is 296 g/mol. The predicted molar refractivity (Wildman–Crippen MR) is 91.8 cm³/mol. The van der Waals surface area contributed by atoms with Gasteiger partial charge < -0.3 is 10.2 Å². The Hall–Kier alpha value is -0.120. The fourth-order valence-electron chi connectivity index (χ4n) is 3.88. The van der Waals surface area contributed by atoms with Gasteiger partial charge in [-0.1, -0.05) is 12.8 Å². The molecule has 1 N–H and O–H groups in total. The molecule has 1 saturated carbocycles. The van der Waals surface area contributed by atoms with E-state index in [9.17, 15) is 0 Å². The van der Waals surface area contributed by atoms with E-state index in [1.807, 2.05) is 0 Å². The van der Waals surface area contributed by atoms with Gasteiger partial charge in [0, 0.05) is 50.8 Å². The van der Waals surface area contributed by atoms with E-state index >= 15 is 0 Å². The monoisotopic (exact) mass is 295 g/mol. The Kier molecular flexibility index (Phi) is 5.72. The molecule has 2 rings (SSSR count). The Morgan fingerprint density at radius 1 is 1.00 bits per heavy atom. The Morgan fingerprint density at radius 3 is 2.05 bits per heavy atom. The maximum Gasteiger partial charge on any atom is 0.0113 e. The zero-order valence-corrected chi connectivity index (χ0v) is 15.0. The summed E-state index contributed by atoms with van der Waals surface area (Å²) in [6.45, 7) is 19.0. The van der Waals surface area contributed by atoms with E-state index in [-0.39, 0.29) is 5.54 Å². The van der Waals surface area contributed by atoms with E-state index in [0.29, 0.717) is 11.5 Å². The van der Waals surface area contributed by atoms with Crippen molar-refractivity contribution in [2.75, 3.05) is 39.3 Å². The van der Waals surface area contributed by atoms with Crippen LogP contribution in [0.1, 0.15) is 60.3 Å². The van der Waals surface area contributed by atoms with Gasteiger partial charge in [0.2, 0.25) is 0 Å².